The maximum absolute atomic E-state index is 14.3. The first-order chi connectivity index (χ1) is 14.0. The lowest BCUT2D eigenvalue weighted by Crippen LogP contribution is -2.10. The van der Waals surface area contributed by atoms with Crippen LogP contribution in [0.2, 0.25) is 0 Å². The van der Waals surface area contributed by atoms with Crippen LogP contribution in [0, 0.1) is 5.82 Å². The van der Waals surface area contributed by atoms with Gasteiger partial charge < -0.3 is 9.88 Å². The van der Waals surface area contributed by atoms with E-state index in [1.165, 1.54) is 30.8 Å². The predicted octanol–water partition coefficient (Wildman–Crippen LogP) is 3.82. The van der Waals surface area contributed by atoms with E-state index in [2.05, 4.69) is 20.5 Å². The molecule has 0 aliphatic rings. The number of hydrogen-bond donors (Lipinski definition) is 1. The molecule has 3 aromatic rings. The van der Waals surface area contributed by atoms with E-state index in [-0.39, 0.29) is 23.0 Å². The second-order valence-corrected chi connectivity index (χ2v) is 7.22. The lowest BCUT2D eigenvalue weighted by Gasteiger charge is -2.09. The zero-order chi connectivity index (χ0) is 20.8. The van der Waals surface area contributed by atoms with E-state index in [0.717, 1.165) is 18.1 Å². The highest BCUT2D eigenvalue weighted by atomic mass is 32.2. The third-order valence-electron chi connectivity index (χ3n) is 4.02. The molecule has 1 N–H and O–H groups in total. The molecule has 0 saturated carbocycles. The van der Waals surface area contributed by atoms with Gasteiger partial charge in [-0.2, -0.15) is 0 Å². The molecule has 0 spiro atoms. The molecule has 0 radical (unpaired) electrons. The van der Waals surface area contributed by atoms with E-state index in [0.29, 0.717) is 23.2 Å². The molecule has 3 rings (SSSR count). The van der Waals surface area contributed by atoms with Crippen LogP contribution in [0.1, 0.15) is 30.6 Å². The lowest BCUT2D eigenvalue weighted by atomic mass is 10.1. The Labute approximate surface area is 171 Å². The zero-order valence-electron chi connectivity index (χ0n) is 16.1. The molecule has 1 aromatic carbocycles. The van der Waals surface area contributed by atoms with Crippen LogP contribution in [0.3, 0.4) is 0 Å². The summed E-state index contributed by atoms with van der Waals surface area (Å²) in [6, 6.07) is 7.72. The summed E-state index contributed by atoms with van der Waals surface area (Å²) < 4.78 is 16.2. The van der Waals surface area contributed by atoms with Crippen molar-refractivity contribution in [1.82, 2.24) is 19.7 Å². The monoisotopic (exact) mass is 413 g/mol. The standard InChI is InChI=1S/C20H20FN5O2S/c1-3-10-26-19(14-6-8-22-9-7-14)24-25-20(26)29-12-18(28)16-5-4-15(11-17(16)21)23-13(2)27/h4-9,11H,3,10,12H2,1-2H3,(H,23,27). The highest BCUT2D eigenvalue weighted by Gasteiger charge is 2.18. The Morgan fingerprint density at radius 3 is 2.59 bits per heavy atom. The maximum atomic E-state index is 14.3. The lowest BCUT2D eigenvalue weighted by molar-refractivity contribution is -0.114. The van der Waals surface area contributed by atoms with Crippen LogP contribution in [0.15, 0.2) is 47.9 Å². The molecule has 0 bridgehead atoms. The Balaban J connectivity index is 1.75. The smallest absolute Gasteiger partial charge is 0.221 e. The SMILES string of the molecule is CCCn1c(SCC(=O)c2ccc(NC(C)=O)cc2F)nnc1-c1ccncc1. The summed E-state index contributed by atoms with van der Waals surface area (Å²) in [5.74, 6) is -0.615. The quantitative estimate of drug-likeness (QED) is 0.446. The Hall–Kier alpha value is -3.07. The van der Waals surface area contributed by atoms with Gasteiger partial charge in [0.15, 0.2) is 16.8 Å². The average molecular weight is 413 g/mol. The number of anilines is 1. The minimum Gasteiger partial charge on any atom is -0.326 e. The number of ketones is 1. The second-order valence-electron chi connectivity index (χ2n) is 6.28. The van der Waals surface area contributed by atoms with Crippen LogP contribution in [0.25, 0.3) is 11.4 Å². The van der Waals surface area contributed by atoms with Crippen LogP contribution < -0.4 is 5.32 Å². The zero-order valence-corrected chi connectivity index (χ0v) is 16.9. The van der Waals surface area contributed by atoms with Crippen molar-refractivity contribution in [3.8, 4) is 11.4 Å². The van der Waals surface area contributed by atoms with Gasteiger partial charge in [-0.05, 0) is 36.8 Å². The van der Waals surface area contributed by atoms with Crippen molar-refractivity contribution < 1.29 is 14.0 Å². The number of carbonyl (C=O) groups is 2. The highest BCUT2D eigenvalue weighted by Crippen LogP contribution is 2.25. The largest absolute Gasteiger partial charge is 0.326 e. The van der Waals surface area contributed by atoms with Crippen LogP contribution in [0.4, 0.5) is 10.1 Å². The molecule has 2 heterocycles. The van der Waals surface area contributed by atoms with Crippen LogP contribution >= 0.6 is 11.8 Å². The molecule has 0 unspecified atom stereocenters. The molecular formula is C20H20FN5O2S. The van der Waals surface area contributed by atoms with Gasteiger partial charge in [-0.3, -0.25) is 14.6 Å². The van der Waals surface area contributed by atoms with Crippen molar-refractivity contribution in [2.75, 3.05) is 11.1 Å². The number of pyridine rings is 1. The van der Waals surface area contributed by atoms with Crippen molar-refractivity contribution in [3.05, 3.63) is 54.1 Å². The fourth-order valence-corrected chi connectivity index (χ4v) is 3.61. The number of rotatable bonds is 8. The van der Waals surface area contributed by atoms with E-state index in [9.17, 15) is 14.0 Å². The molecule has 0 saturated heterocycles. The van der Waals surface area contributed by atoms with E-state index < -0.39 is 5.82 Å². The fourth-order valence-electron chi connectivity index (χ4n) is 2.77. The Kier molecular flexibility index (Phi) is 6.71. The third kappa shape index (κ3) is 5.05. The number of benzene rings is 1. The number of hydrogen-bond acceptors (Lipinski definition) is 6. The molecule has 29 heavy (non-hydrogen) atoms. The van der Waals surface area contributed by atoms with Crippen molar-refractivity contribution in [3.63, 3.8) is 0 Å². The predicted molar refractivity (Wildman–Crippen MR) is 109 cm³/mol. The number of Topliss-reactive ketones (excluding diaryl/α,β-unsaturated/α-hetero) is 1. The molecule has 0 atom stereocenters. The molecule has 9 heteroatoms. The number of nitrogens with one attached hydrogen (secondary N) is 1. The van der Waals surface area contributed by atoms with Gasteiger partial charge in [-0.1, -0.05) is 18.7 Å². The number of amides is 1. The van der Waals surface area contributed by atoms with Gasteiger partial charge in [-0.15, -0.1) is 10.2 Å². The van der Waals surface area contributed by atoms with E-state index in [4.69, 9.17) is 0 Å². The highest BCUT2D eigenvalue weighted by molar-refractivity contribution is 7.99. The van der Waals surface area contributed by atoms with E-state index in [1.807, 2.05) is 23.6 Å². The molecule has 0 fully saturated rings. The maximum Gasteiger partial charge on any atom is 0.221 e. The average Bonchev–Trinajstić information content (AvgIpc) is 3.09. The first-order valence-electron chi connectivity index (χ1n) is 9.06. The van der Waals surface area contributed by atoms with Crippen molar-refractivity contribution >= 4 is 29.1 Å². The normalized spacial score (nSPS) is 10.7. The molecule has 2 aromatic heterocycles. The molecule has 0 aliphatic heterocycles. The van der Waals surface area contributed by atoms with Crippen LogP contribution in [-0.4, -0.2) is 37.2 Å². The number of nitrogens with zero attached hydrogens (tertiary/aromatic N) is 4. The minimum absolute atomic E-state index is 0.0224. The van der Waals surface area contributed by atoms with Gasteiger partial charge in [0.05, 0.1) is 11.3 Å². The third-order valence-corrected chi connectivity index (χ3v) is 4.99. The number of halogens is 1. The Bertz CT molecular complexity index is 1020. The van der Waals surface area contributed by atoms with Crippen molar-refractivity contribution in [1.29, 1.82) is 0 Å². The summed E-state index contributed by atoms with van der Waals surface area (Å²) in [5.41, 5.74) is 1.17. The Morgan fingerprint density at radius 2 is 1.93 bits per heavy atom. The van der Waals surface area contributed by atoms with Gasteiger partial charge in [-0.25, -0.2) is 4.39 Å². The summed E-state index contributed by atoms with van der Waals surface area (Å²) in [4.78, 5) is 27.6. The van der Waals surface area contributed by atoms with Crippen molar-refractivity contribution in [2.45, 2.75) is 32.0 Å². The van der Waals surface area contributed by atoms with E-state index in [1.54, 1.807) is 12.4 Å². The van der Waals surface area contributed by atoms with Gasteiger partial charge in [0.1, 0.15) is 5.82 Å². The summed E-state index contributed by atoms with van der Waals surface area (Å²) in [7, 11) is 0. The number of thioether (sulfide) groups is 1. The Morgan fingerprint density at radius 1 is 1.17 bits per heavy atom. The first-order valence-corrected chi connectivity index (χ1v) is 10.0. The van der Waals surface area contributed by atoms with Gasteiger partial charge in [0.25, 0.3) is 0 Å². The van der Waals surface area contributed by atoms with Gasteiger partial charge >= 0.3 is 0 Å². The van der Waals surface area contributed by atoms with Crippen LogP contribution in [0.5, 0.6) is 0 Å². The second kappa shape index (κ2) is 9.42. The summed E-state index contributed by atoms with van der Waals surface area (Å²) in [5, 5.41) is 11.5. The summed E-state index contributed by atoms with van der Waals surface area (Å²) in [6.45, 7) is 4.07. The molecule has 150 valence electrons. The number of carbonyl (C=O) groups excluding carboxylic acids is 2. The molecule has 7 nitrogen and oxygen atoms in total. The number of aromatic nitrogens is 4. The van der Waals surface area contributed by atoms with Crippen molar-refractivity contribution in [2.24, 2.45) is 0 Å². The minimum atomic E-state index is -0.672. The summed E-state index contributed by atoms with van der Waals surface area (Å²) >= 11 is 1.22. The van der Waals surface area contributed by atoms with Gasteiger partial charge in [0, 0.05) is 37.1 Å². The molecule has 0 aliphatic carbocycles. The van der Waals surface area contributed by atoms with E-state index >= 15 is 0 Å². The first kappa shape index (κ1) is 20.7. The molecular weight excluding hydrogens is 393 g/mol. The summed E-state index contributed by atoms with van der Waals surface area (Å²) in [6.07, 6.45) is 4.24. The van der Waals surface area contributed by atoms with Crippen LogP contribution in [-0.2, 0) is 11.3 Å². The topological polar surface area (TPSA) is 89.8 Å². The van der Waals surface area contributed by atoms with Gasteiger partial charge in [0.2, 0.25) is 5.91 Å². The fraction of sp³-hybridized carbons (Fsp3) is 0.250. The molecule has 1 amide bonds.